The summed E-state index contributed by atoms with van der Waals surface area (Å²) in [7, 11) is -2.56. The maximum absolute atomic E-state index is 11.9. The van der Waals surface area contributed by atoms with E-state index in [1.54, 1.807) is 42.5 Å². The van der Waals surface area contributed by atoms with E-state index in [1.165, 1.54) is 0 Å². The van der Waals surface area contributed by atoms with Crippen molar-refractivity contribution in [3.8, 4) is 5.75 Å². The molecule has 2 aromatic rings. The fraction of sp³-hybridized carbons (Fsp3) is 0.0769. The van der Waals surface area contributed by atoms with Crippen LogP contribution in [0.15, 0.2) is 65.6 Å². The third-order valence-corrected chi connectivity index (χ3v) is 5.37. The summed E-state index contributed by atoms with van der Waals surface area (Å²) in [6.45, 7) is 0. The van der Waals surface area contributed by atoms with Crippen molar-refractivity contribution < 1.29 is 13.2 Å². The molecule has 0 aliphatic heterocycles. The van der Waals surface area contributed by atoms with E-state index in [9.17, 15) is 8.42 Å². The van der Waals surface area contributed by atoms with Crippen molar-refractivity contribution in [3.05, 3.63) is 60.7 Å². The van der Waals surface area contributed by atoms with E-state index in [0.29, 0.717) is 10.6 Å². The number of benzene rings is 2. The first kappa shape index (κ1) is 13.0. The van der Waals surface area contributed by atoms with Crippen LogP contribution in [-0.2, 0) is 8.87 Å². The molecule has 0 unspecified atom stereocenters. The molecule has 0 aromatic heterocycles. The average molecular weight is 280 g/mol. The molecule has 0 amide bonds. The van der Waals surface area contributed by atoms with Crippen LogP contribution >= 0.6 is 10.8 Å². The molecule has 2 rings (SSSR count). The quantitative estimate of drug-likeness (QED) is 0.623. The summed E-state index contributed by atoms with van der Waals surface area (Å²) in [6, 6.07) is 17.5. The monoisotopic (exact) mass is 280 g/mol. The zero-order valence-electron chi connectivity index (χ0n) is 9.52. The third kappa shape index (κ3) is 3.51. The Morgan fingerprint density at radius 1 is 0.889 bits per heavy atom. The maximum atomic E-state index is 11.9. The number of hydrogen-bond donors (Lipinski definition) is 0. The highest BCUT2D eigenvalue weighted by Gasteiger charge is 2.14. The Bertz CT molecular complexity index is 580. The Kier molecular flexibility index (Phi) is 4.28. The van der Waals surface area contributed by atoms with Crippen molar-refractivity contribution in [3.63, 3.8) is 0 Å². The van der Waals surface area contributed by atoms with Gasteiger partial charge in [0.1, 0.15) is 11.7 Å². The predicted molar refractivity (Wildman–Crippen MR) is 73.2 cm³/mol. The first-order valence-corrected chi connectivity index (χ1v) is 8.29. The van der Waals surface area contributed by atoms with Crippen LogP contribution in [-0.4, -0.2) is 14.4 Å². The van der Waals surface area contributed by atoms with E-state index in [1.807, 2.05) is 18.2 Å². The summed E-state index contributed by atoms with van der Waals surface area (Å²) in [5, 5.41) is 0. The lowest BCUT2D eigenvalue weighted by atomic mass is 10.3. The highest BCUT2D eigenvalue weighted by molar-refractivity contribution is 8.72. The van der Waals surface area contributed by atoms with Crippen molar-refractivity contribution in [2.75, 3.05) is 5.94 Å². The van der Waals surface area contributed by atoms with Gasteiger partial charge in [-0.05, 0) is 24.3 Å². The van der Waals surface area contributed by atoms with Crippen LogP contribution in [0.3, 0.4) is 0 Å². The summed E-state index contributed by atoms with van der Waals surface area (Å²) < 4.78 is 29.2. The summed E-state index contributed by atoms with van der Waals surface area (Å²) in [5.74, 6) is 0.731. The first-order chi connectivity index (χ1) is 8.68. The van der Waals surface area contributed by atoms with Crippen molar-refractivity contribution >= 4 is 19.7 Å². The maximum Gasteiger partial charge on any atom is 0.233 e. The van der Waals surface area contributed by atoms with Crippen LogP contribution in [0.4, 0.5) is 0 Å². The Labute approximate surface area is 110 Å². The second-order valence-corrected chi connectivity index (χ2v) is 7.33. The molecule has 0 atom stereocenters. The zero-order valence-corrected chi connectivity index (χ0v) is 11.2. The highest BCUT2D eigenvalue weighted by Crippen LogP contribution is 2.23. The molecule has 2 aromatic carbocycles. The fourth-order valence-corrected chi connectivity index (χ4v) is 3.53. The van der Waals surface area contributed by atoms with Gasteiger partial charge < -0.3 is 4.74 Å². The molecule has 0 radical (unpaired) electrons. The van der Waals surface area contributed by atoms with E-state index < -0.39 is 8.87 Å². The molecule has 0 N–H and O–H groups in total. The first-order valence-electron chi connectivity index (χ1n) is 5.31. The second-order valence-electron chi connectivity index (χ2n) is 3.46. The summed E-state index contributed by atoms with van der Waals surface area (Å²) in [5.41, 5.74) is 0. The van der Waals surface area contributed by atoms with Gasteiger partial charge in [0.2, 0.25) is 8.87 Å². The Morgan fingerprint density at radius 3 is 2.06 bits per heavy atom. The molecule has 94 valence electrons. The van der Waals surface area contributed by atoms with Crippen molar-refractivity contribution in [2.24, 2.45) is 0 Å². The van der Waals surface area contributed by atoms with Gasteiger partial charge in [-0.25, -0.2) is 8.42 Å². The predicted octanol–water partition coefficient (Wildman–Crippen LogP) is 3.15. The van der Waals surface area contributed by atoms with Crippen LogP contribution in [0.25, 0.3) is 0 Å². The van der Waals surface area contributed by atoms with E-state index in [2.05, 4.69) is 0 Å². The standard InChI is InChI=1S/C13H12O3S2/c14-18(15,13-9-5-2-6-10-13)17-11-16-12-7-3-1-4-8-12/h1-10H,11H2. The summed E-state index contributed by atoms with van der Waals surface area (Å²) in [6.07, 6.45) is 0. The van der Waals surface area contributed by atoms with Gasteiger partial charge in [-0.1, -0.05) is 36.4 Å². The molecule has 0 saturated carbocycles. The molecule has 18 heavy (non-hydrogen) atoms. The number of hydrogen-bond acceptors (Lipinski definition) is 4. The molecule has 3 nitrogen and oxygen atoms in total. The van der Waals surface area contributed by atoms with E-state index in [4.69, 9.17) is 4.74 Å². The van der Waals surface area contributed by atoms with Crippen molar-refractivity contribution in [1.29, 1.82) is 0 Å². The average Bonchev–Trinajstić information content (AvgIpc) is 2.41. The minimum Gasteiger partial charge on any atom is -0.482 e. The molecule has 0 saturated heterocycles. The van der Waals surface area contributed by atoms with Gasteiger partial charge in [-0.2, -0.15) is 0 Å². The van der Waals surface area contributed by atoms with Gasteiger partial charge in [0.15, 0.2) is 0 Å². The third-order valence-electron chi connectivity index (χ3n) is 2.20. The molecule has 0 fully saturated rings. The number of para-hydroxylation sites is 1. The zero-order chi connectivity index (χ0) is 12.8. The Hall–Kier alpha value is -1.46. The molecule has 0 aliphatic carbocycles. The Balaban J connectivity index is 1.95. The van der Waals surface area contributed by atoms with Gasteiger partial charge in [0, 0.05) is 10.8 Å². The van der Waals surface area contributed by atoms with Gasteiger partial charge in [0.05, 0.1) is 4.90 Å². The molecule has 0 bridgehead atoms. The fourth-order valence-electron chi connectivity index (χ4n) is 1.33. The topological polar surface area (TPSA) is 43.4 Å². The largest absolute Gasteiger partial charge is 0.482 e. The molecular formula is C13H12O3S2. The normalized spacial score (nSPS) is 11.1. The van der Waals surface area contributed by atoms with Gasteiger partial charge in [-0.3, -0.25) is 0 Å². The number of rotatable bonds is 5. The minimum atomic E-state index is -3.34. The van der Waals surface area contributed by atoms with E-state index in [0.717, 1.165) is 10.8 Å². The summed E-state index contributed by atoms with van der Waals surface area (Å²) >= 11 is 0. The Morgan fingerprint density at radius 2 is 1.44 bits per heavy atom. The molecule has 5 heteroatoms. The van der Waals surface area contributed by atoms with Crippen LogP contribution in [0.2, 0.25) is 0 Å². The lowest BCUT2D eigenvalue weighted by Crippen LogP contribution is -2.00. The smallest absolute Gasteiger partial charge is 0.233 e. The SMILES string of the molecule is O=S(=O)(SCOc1ccccc1)c1ccccc1. The molecule has 0 aliphatic rings. The van der Waals surface area contributed by atoms with Crippen LogP contribution < -0.4 is 4.74 Å². The van der Waals surface area contributed by atoms with Crippen LogP contribution in [0.1, 0.15) is 0 Å². The van der Waals surface area contributed by atoms with E-state index in [-0.39, 0.29) is 5.94 Å². The second kappa shape index (κ2) is 5.93. The summed E-state index contributed by atoms with van der Waals surface area (Å²) in [4.78, 5) is 0.298. The van der Waals surface area contributed by atoms with Crippen LogP contribution in [0.5, 0.6) is 5.75 Å². The molecule has 0 heterocycles. The minimum absolute atomic E-state index is 0.0707. The number of ether oxygens (including phenoxy) is 1. The van der Waals surface area contributed by atoms with Crippen molar-refractivity contribution in [2.45, 2.75) is 4.90 Å². The van der Waals surface area contributed by atoms with Gasteiger partial charge in [-0.15, -0.1) is 0 Å². The molecule has 0 spiro atoms. The van der Waals surface area contributed by atoms with Crippen LogP contribution in [0, 0.1) is 0 Å². The lowest BCUT2D eigenvalue weighted by Gasteiger charge is -2.06. The lowest BCUT2D eigenvalue weighted by molar-refractivity contribution is 0.394. The van der Waals surface area contributed by atoms with Gasteiger partial charge >= 0.3 is 0 Å². The van der Waals surface area contributed by atoms with E-state index >= 15 is 0 Å². The highest BCUT2D eigenvalue weighted by atomic mass is 33.1. The van der Waals surface area contributed by atoms with Crippen molar-refractivity contribution in [1.82, 2.24) is 0 Å². The van der Waals surface area contributed by atoms with Gasteiger partial charge in [0.25, 0.3) is 0 Å². The molecular weight excluding hydrogens is 268 g/mol.